The number of ether oxygens (including phenoxy) is 1. The van der Waals surface area contributed by atoms with Gasteiger partial charge in [-0.15, -0.1) is 0 Å². The lowest BCUT2D eigenvalue weighted by atomic mass is 10.0. The van der Waals surface area contributed by atoms with Gasteiger partial charge in [-0.3, -0.25) is 9.88 Å². The van der Waals surface area contributed by atoms with Gasteiger partial charge in [0, 0.05) is 44.7 Å². The summed E-state index contributed by atoms with van der Waals surface area (Å²) in [5, 5.41) is 0. The molecule has 0 aliphatic carbocycles. The van der Waals surface area contributed by atoms with Gasteiger partial charge in [0.05, 0.1) is 6.61 Å². The average Bonchev–Trinajstić information content (AvgIpc) is 2.43. The lowest BCUT2D eigenvalue weighted by molar-refractivity contribution is 0.0901. The Hall–Kier alpha value is -0.970. The Bertz CT molecular complexity index is 318. The highest BCUT2D eigenvalue weighted by molar-refractivity contribution is 5.14. The third-order valence-corrected chi connectivity index (χ3v) is 3.40. The minimum atomic E-state index is 0.212. The zero-order valence-corrected chi connectivity index (χ0v) is 11.7. The molecule has 2 unspecified atom stereocenters. The molecule has 102 valence electrons. The van der Waals surface area contributed by atoms with E-state index in [0.29, 0.717) is 12.6 Å². The molecule has 2 atom stereocenters. The lowest BCUT2D eigenvalue weighted by Crippen LogP contribution is -2.41. The molecule has 1 aromatic rings. The Morgan fingerprint density at radius 1 is 1.50 bits per heavy atom. The van der Waals surface area contributed by atoms with Crippen molar-refractivity contribution in [3.05, 3.63) is 30.1 Å². The van der Waals surface area contributed by atoms with E-state index in [4.69, 9.17) is 10.5 Å². The quantitative estimate of drug-likeness (QED) is 0.766. The molecular formula is C14H25N3O. The van der Waals surface area contributed by atoms with Crippen LogP contribution in [0.3, 0.4) is 0 Å². The normalized spacial score (nSPS) is 14.7. The number of methoxy groups -OCH3 is 1. The molecule has 0 aromatic carbocycles. The van der Waals surface area contributed by atoms with Gasteiger partial charge >= 0.3 is 0 Å². The molecule has 0 saturated heterocycles. The number of hydrogen-bond acceptors (Lipinski definition) is 4. The maximum Gasteiger partial charge on any atom is 0.0590 e. The molecule has 1 aromatic heterocycles. The summed E-state index contributed by atoms with van der Waals surface area (Å²) in [7, 11) is 1.73. The fourth-order valence-electron chi connectivity index (χ4n) is 2.15. The van der Waals surface area contributed by atoms with Crippen molar-refractivity contribution in [2.24, 2.45) is 5.73 Å². The second-order valence-corrected chi connectivity index (χ2v) is 4.53. The van der Waals surface area contributed by atoms with Crippen LogP contribution >= 0.6 is 0 Å². The van der Waals surface area contributed by atoms with Gasteiger partial charge in [0.15, 0.2) is 0 Å². The maximum absolute atomic E-state index is 5.96. The Kier molecular flexibility index (Phi) is 6.86. The monoisotopic (exact) mass is 251 g/mol. The first-order chi connectivity index (χ1) is 8.74. The van der Waals surface area contributed by atoms with Crippen LogP contribution in [-0.2, 0) is 4.74 Å². The highest BCUT2D eigenvalue weighted by Crippen LogP contribution is 2.22. The Balaban J connectivity index is 2.86. The van der Waals surface area contributed by atoms with Gasteiger partial charge in [0.2, 0.25) is 0 Å². The molecule has 0 fully saturated rings. The van der Waals surface area contributed by atoms with Gasteiger partial charge in [-0.05, 0) is 25.0 Å². The summed E-state index contributed by atoms with van der Waals surface area (Å²) in [5.74, 6) is 0. The molecule has 0 spiro atoms. The summed E-state index contributed by atoms with van der Waals surface area (Å²) in [6.07, 6.45) is 4.79. The number of nitrogens with zero attached hydrogens (tertiary/aromatic N) is 2. The van der Waals surface area contributed by atoms with Crippen LogP contribution < -0.4 is 5.73 Å². The van der Waals surface area contributed by atoms with Crippen molar-refractivity contribution in [3.63, 3.8) is 0 Å². The number of hydrogen-bond donors (Lipinski definition) is 1. The summed E-state index contributed by atoms with van der Waals surface area (Å²) < 4.78 is 5.20. The van der Waals surface area contributed by atoms with E-state index >= 15 is 0 Å². The number of rotatable bonds is 8. The van der Waals surface area contributed by atoms with Crippen molar-refractivity contribution in [2.45, 2.75) is 32.4 Å². The molecule has 18 heavy (non-hydrogen) atoms. The molecule has 1 heterocycles. The van der Waals surface area contributed by atoms with Gasteiger partial charge in [0.25, 0.3) is 0 Å². The molecule has 0 aliphatic rings. The van der Waals surface area contributed by atoms with E-state index in [1.165, 1.54) is 5.56 Å². The topological polar surface area (TPSA) is 51.4 Å². The Labute approximate surface area is 110 Å². The van der Waals surface area contributed by atoms with Crippen molar-refractivity contribution in [1.29, 1.82) is 0 Å². The van der Waals surface area contributed by atoms with Gasteiger partial charge in [0.1, 0.15) is 0 Å². The van der Waals surface area contributed by atoms with Crippen molar-refractivity contribution < 1.29 is 4.74 Å². The van der Waals surface area contributed by atoms with Crippen LogP contribution in [0.25, 0.3) is 0 Å². The van der Waals surface area contributed by atoms with E-state index in [9.17, 15) is 0 Å². The summed E-state index contributed by atoms with van der Waals surface area (Å²) >= 11 is 0. The molecule has 0 aliphatic heterocycles. The minimum Gasteiger partial charge on any atom is -0.383 e. The summed E-state index contributed by atoms with van der Waals surface area (Å²) in [6.45, 7) is 6.64. The van der Waals surface area contributed by atoms with Gasteiger partial charge in [-0.1, -0.05) is 13.0 Å². The predicted molar refractivity (Wildman–Crippen MR) is 74.4 cm³/mol. The van der Waals surface area contributed by atoms with Gasteiger partial charge < -0.3 is 10.5 Å². The molecule has 1 rings (SSSR count). The maximum atomic E-state index is 5.96. The molecule has 2 N–H and O–H groups in total. The van der Waals surface area contributed by atoms with Crippen LogP contribution in [-0.4, -0.2) is 42.7 Å². The van der Waals surface area contributed by atoms with Crippen LogP contribution in [0.2, 0.25) is 0 Å². The van der Waals surface area contributed by atoms with Crippen molar-refractivity contribution in [3.8, 4) is 0 Å². The minimum absolute atomic E-state index is 0.212. The first kappa shape index (κ1) is 15.1. The molecule has 4 nitrogen and oxygen atoms in total. The third kappa shape index (κ3) is 4.05. The zero-order chi connectivity index (χ0) is 13.4. The van der Waals surface area contributed by atoms with E-state index in [0.717, 1.165) is 19.6 Å². The van der Waals surface area contributed by atoms with Gasteiger partial charge in [-0.25, -0.2) is 0 Å². The standard InChI is InChI=1S/C14H25N3O/c1-4-12(2)17(8-9-18-3)14(10-15)13-6-5-7-16-11-13/h5-7,11-12,14H,4,8-10,15H2,1-3H3. The van der Waals surface area contributed by atoms with E-state index in [-0.39, 0.29) is 6.04 Å². The zero-order valence-electron chi connectivity index (χ0n) is 11.7. The summed E-state index contributed by atoms with van der Waals surface area (Å²) in [5.41, 5.74) is 7.14. The lowest BCUT2D eigenvalue weighted by Gasteiger charge is -2.35. The van der Waals surface area contributed by atoms with E-state index < -0.39 is 0 Å². The molecule has 0 radical (unpaired) electrons. The Morgan fingerprint density at radius 3 is 2.78 bits per heavy atom. The first-order valence-electron chi connectivity index (χ1n) is 6.59. The van der Waals surface area contributed by atoms with Crippen molar-refractivity contribution >= 4 is 0 Å². The van der Waals surface area contributed by atoms with Crippen LogP contribution in [0.1, 0.15) is 31.9 Å². The second-order valence-electron chi connectivity index (χ2n) is 4.53. The first-order valence-corrected chi connectivity index (χ1v) is 6.59. The summed E-state index contributed by atoms with van der Waals surface area (Å²) in [4.78, 5) is 6.59. The molecule has 0 amide bonds. The van der Waals surface area contributed by atoms with E-state index in [2.05, 4.69) is 29.8 Å². The highest BCUT2D eigenvalue weighted by Gasteiger charge is 2.22. The van der Waals surface area contributed by atoms with Gasteiger partial charge in [-0.2, -0.15) is 0 Å². The smallest absolute Gasteiger partial charge is 0.0590 e. The number of pyridine rings is 1. The van der Waals surface area contributed by atoms with Crippen LogP contribution in [0, 0.1) is 0 Å². The summed E-state index contributed by atoms with van der Waals surface area (Å²) in [6, 6.07) is 4.74. The fraction of sp³-hybridized carbons (Fsp3) is 0.643. The van der Waals surface area contributed by atoms with Crippen LogP contribution in [0.4, 0.5) is 0 Å². The molecule has 0 bridgehead atoms. The van der Waals surface area contributed by atoms with E-state index in [1.54, 1.807) is 13.3 Å². The molecule has 4 heteroatoms. The average molecular weight is 251 g/mol. The number of nitrogens with two attached hydrogens (primary N) is 1. The molecular weight excluding hydrogens is 226 g/mol. The fourth-order valence-corrected chi connectivity index (χ4v) is 2.15. The van der Waals surface area contributed by atoms with Crippen LogP contribution in [0.5, 0.6) is 0 Å². The highest BCUT2D eigenvalue weighted by atomic mass is 16.5. The van der Waals surface area contributed by atoms with Crippen molar-refractivity contribution in [2.75, 3.05) is 26.8 Å². The third-order valence-electron chi connectivity index (χ3n) is 3.40. The Morgan fingerprint density at radius 2 is 2.28 bits per heavy atom. The SMILES string of the molecule is CCC(C)N(CCOC)C(CN)c1cccnc1. The largest absolute Gasteiger partial charge is 0.383 e. The predicted octanol–water partition coefficient (Wildman–Crippen LogP) is 1.83. The molecule has 0 saturated carbocycles. The second kappa shape index (κ2) is 8.19. The number of aromatic nitrogens is 1. The van der Waals surface area contributed by atoms with Crippen molar-refractivity contribution in [1.82, 2.24) is 9.88 Å². The van der Waals surface area contributed by atoms with Crippen LogP contribution in [0.15, 0.2) is 24.5 Å². The van der Waals surface area contributed by atoms with E-state index in [1.807, 2.05) is 12.3 Å².